The number of nitrogens with one attached hydrogen (secondary N) is 1. The number of hydrogen-bond donors (Lipinski definition) is 1. The Morgan fingerprint density at radius 3 is 2.38 bits per heavy atom. The highest BCUT2D eigenvalue weighted by Gasteiger charge is 2.28. The fourth-order valence-electron chi connectivity index (χ4n) is 3.72. The minimum atomic E-state index is -3.67. The summed E-state index contributed by atoms with van der Waals surface area (Å²) in [5.41, 5.74) is 2.23. The minimum absolute atomic E-state index is 0.0413. The SMILES string of the molecule is CC[C@H](C(=O)NC)N(Cc1ccccc1C)C(=O)CCCN(c1cc(Cl)ccc1Cl)S(C)(=O)=O. The van der Waals surface area contributed by atoms with Gasteiger partial charge in [-0.2, -0.15) is 0 Å². The Morgan fingerprint density at radius 1 is 1.12 bits per heavy atom. The van der Waals surface area contributed by atoms with Gasteiger partial charge in [-0.3, -0.25) is 13.9 Å². The van der Waals surface area contributed by atoms with Gasteiger partial charge in [0.15, 0.2) is 0 Å². The number of nitrogens with zero attached hydrogens (tertiary/aromatic N) is 2. The summed E-state index contributed by atoms with van der Waals surface area (Å²) in [5, 5.41) is 3.23. The van der Waals surface area contributed by atoms with E-state index in [4.69, 9.17) is 23.2 Å². The first-order chi connectivity index (χ1) is 16.0. The van der Waals surface area contributed by atoms with E-state index < -0.39 is 16.1 Å². The van der Waals surface area contributed by atoms with Gasteiger partial charge >= 0.3 is 0 Å². The van der Waals surface area contributed by atoms with Crippen LogP contribution in [0.2, 0.25) is 10.0 Å². The molecular weight excluding hydrogens is 497 g/mol. The zero-order valence-corrected chi connectivity index (χ0v) is 22.2. The summed E-state index contributed by atoms with van der Waals surface area (Å²) in [4.78, 5) is 27.4. The van der Waals surface area contributed by atoms with E-state index in [1.165, 1.54) is 12.1 Å². The van der Waals surface area contributed by atoms with Crippen molar-refractivity contribution in [2.45, 2.75) is 45.7 Å². The zero-order valence-electron chi connectivity index (χ0n) is 19.8. The predicted octanol–water partition coefficient (Wildman–Crippen LogP) is 4.40. The molecule has 2 aromatic rings. The lowest BCUT2D eigenvalue weighted by Gasteiger charge is -2.31. The van der Waals surface area contributed by atoms with Crippen LogP contribution >= 0.6 is 23.2 Å². The van der Waals surface area contributed by atoms with Crippen LogP contribution in [0.5, 0.6) is 0 Å². The van der Waals surface area contributed by atoms with Crippen molar-refractivity contribution in [3.63, 3.8) is 0 Å². The maximum absolute atomic E-state index is 13.3. The van der Waals surface area contributed by atoms with Crippen molar-refractivity contribution in [3.8, 4) is 0 Å². The van der Waals surface area contributed by atoms with Gasteiger partial charge in [-0.25, -0.2) is 8.42 Å². The lowest BCUT2D eigenvalue weighted by molar-refractivity contribution is -0.141. The van der Waals surface area contributed by atoms with Crippen molar-refractivity contribution in [2.75, 3.05) is 24.2 Å². The van der Waals surface area contributed by atoms with Crippen molar-refractivity contribution in [3.05, 3.63) is 63.6 Å². The monoisotopic (exact) mass is 527 g/mol. The lowest BCUT2D eigenvalue weighted by Crippen LogP contribution is -2.48. The highest BCUT2D eigenvalue weighted by molar-refractivity contribution is 7.92. The summed E-state index contributed by atoms with van der Waals surface area (Å²) >= 11 is 12.3. The molecule has 10 heteroatoms. The summed E-state index contributed by atoms with van der Waals surface area (Å²) in [7, 11) is -2.12. The first kappa shape index (κ1) is 28.0. The number of carbonyl (C=O) groups excluding carboxylic acids is 2. The van der Waals surface area contributed by atoms with Gasteiger partial charge in [0.05, 0.1) is 17.0 Å². The lowest BCUT2D eigenvalue weighted by atomic mass is 10.1. The number of aryl methyl sites for hydroxylation is 1. The Labute approximate surface area is 212 Å². The number of carbonyl (C=O) groups is 2. The standard InChI is InChI=1S/C24H31Cl2N3O4S/c1-5-21(24(31)27-3)28(16-18-10-7-6-9-17(18)2)23(30)11-8-14-29(34(4,32)33)22-15-19(25)12-13-20(22)26/h6-7,9-10,12-13,15,21H,5,8,11,14,16H2,1-4H3,(H,27,31)/t21-/m1/s1. The molecule has 0 aromatic heterocycles. The molecule has 1 N–H and O–H groups in total. The van der Waals surface area contributed by atoms with Gasteiger partial charge in [0.1, 0.15) is 6.04 Å². The van der Waals surface area contributed by atoms with Gasteiger partial charge in [0.2, 0.25) is 21.8 Å². The van der Waals surface area contributed by atoms with E-state index in [9.17, 15) is 18.0 Å². The molecule has 0 aliphatic rings. The molecule has 34 heavy (non-hydrogen) atoms. The number of halogens is 2. The molecule has 2 rings (SSSR count). The second-order valence-corrected chi connectivity index (χ2v) is 10.8. The molecule has 0 bridgehead atoms. The molecule has 0 aliphatic carbocycles. The van der Waals surface area contributed by atoms with E-state index in [0.29, 0.717) is 11.4 Å². The average Bonchev–Trinajstić information content (AvgIpc) is 2.78. The van der Waals surface area contributed by atoms with Crippen molar-refractivity contribution in [1.82, 2.24) is 10.2 Å². The molecule has 0 saturated carbocycles. The Bertz CT molecular complexity index is 1120. The molecule has 0 spiro atoms. The third kappa shape index (κ3) is 7.35. The molecule has 186 valence electrons. The highest BCUT2D eigenvalue weighted by atomic mass is 35.5. The number of likely N-dealkylation sites (N-methyl/N-ethyl adjacent to an activating group) is 1. The fraction of sp³-hybridized carbons (Fsp3) is 0.417. The van der Waals surface area contributed by atoms with E-state index in [0.717, 1.165) is 21.7 Å². The van der Waals surface area contributed by atoms with Gasteiger partial charge in [0.25, 0.3) is 0 Å². The number of hydrogen-bond acceptors (Lipinski definition) is 4. The predicted molar refractivity (Wildman–Crippen MR) is 138 cm³/mol. The summed E-state index contributed by atoms with van der Waals surface area (Å²) < 4.78 is 26.0. The topological polar surface area (TPSA) is 86.8 Å². The molecule has 0 saturated heterocycles. The van der Waals surface area contributed by atoms with Crippen molar-refractivity contribution in [2.24, 2.45) is 0 Å². The third-order valence-electron chi connectivity index (χ3n) is 5.56. The van der Waals surface area contributed by atoms with Crippen molar-refractivity contribution < 1.29 is 18.0 Å². The van der Waals surface area contributed by atoms with E-state index in [2.05, 4.69) is 5.32 Å². The molecule has 2 aromatic carbocycles. The molecule has 0 aliphatic heterocycles. The van der Waals surface area contributed by atoms with E-state index in [1.54, 1.807) is 18.0 Å². The second-order valence-electron chi connectivity index (χ2n) is 8.02. The number of sulfonamides is 1. The van der Waals surface area contributed by atoms with Crippen LogP contribution in [0.4, 0.5) is 5.69 Å². The molecule has 0 fully saturated rings. The zero-order chi connectivity index (χ0) is 25.5. The number of anilines is 1. The Morgan fingerprint density at radius 2 is 1.79 bits per heavy atom. The first-order valence-electron chi connectivity index (χ1n) is 11.0. The molecule has 0 unspecified atom stereocenters. The van der Waals surface area contributed by atoms with Crippen LogP contribution in [-0.2, 0) is 26.2 Å². The van der Waals surface area contributed by atoms with Gasteiger partial charge < -0.3 is 10.2 Å². The molecule has 0 radical (unpaired) electrons. The van der Waals surface area contributed by atoms with Gasteiger partial charge in [0, 0.05) is 31.6 Å². The summed E-state index contributed by atoms with van der Waals surface area (Å²) in [6.07, 6.45) is 1.83. The molecule has 1 atom stereocenters. The number of benzene rings is 2. The van der Waals surface area contributed by atoms with E-state index in [1.807, 2.05) is 38.1 Å². The Hall–Kier alpha value is -2.29. The van der Waals surface area contributed by atoms with E-state index >= 15 is 0 Å². The third-order valence-corrected chi connectivity index (χ3v) is 7.30. The average molecular weight is 529 g/mol. The van der Waals surface area contributed by atoms with Crippen LogP contribution in [0.15, 0.2) is 42.5 Å². The van der Waals surface area contributed by atoms with Gasteiger partial charge in [-0.1, -0.05) is 54.4 Å². The van der Waals surface area contributed by atoms with Crippen molar-refractivity contribution in [1.29, 1.82) is 0 Å². The van der Waals surface area contributed by atoms with Gasteiger partial charge in [-0.05, 0) is 49.1 Å². The van der Waals surface area contributed by atoms with E-state index in [-0.39, 0.29) is 48.5 Å². The van der Waals surface area contributed by atoms with Gasteiger partial charge in [-0.15, -0.1) is 0 Å². The fourth-order valence-corrected chi connectivity index (χ4v) is 5.12. The maximum Gasteiger partial charge on any atom is 0.242 e. The molecular formula is C24H31Cl2N3O4S. The summed E-state index contributed by atoms with van der Waals surface area (Å²) in [6, 6.07) is 11.6. The normalized spacial score (nSPS) is 12.2. The smallest absolute Gasteiger partial charge is 0.242 e. The van der Waals surface area contributed by atoms with Crippen LogP contribution in [0, 0.1) is 6.92 Å². The highest BCUT2D eigenvalue weighted by Crippen LogP contribution is 2.31. The Kier molecular flexibility index (Phi) is 10.2. The van der Waals surface area contributed by atoms with Crippen molar-refractivity contribution >= 4 is 50.7 Å². The van der Waals surface area contributed by atoms with Crippen LogP contribution in [-0.4, -0.2) is 51.0 Å². The minimum Gasteiger partial charge on any atom is -0.357 e. The molecule has 2 amide bonds. The molecule has 7 nitrogen and oxygen atoms in total. The number of rotatable bonds is 11. The van der Waals surface area contributed by atoms with Crippen LogP contribution in [0.3, 0.4) is 0 Å². The van der Waals surface area contributed by atoms with Crippen LogP contribution in [0.25, 0.3) is 0 Å². The van der Waals surface area contributed by atoms with Crippen LogP contribution in [0.1, 0.15) is 37.3 Å². The Balaban J connectivity index is 2.24. The largest absolute Gasteiger partial charge is 0.357 e. The number of amides is 2. The quantitative estimate of drug-likeness (QED) is 0.469. The maximum atomic E-state index is 13.3. The first-order valence-corrected chi connectivity index (χ1v) is 13.6. The van der Waals surface area contributed by atoms with Crippen LogP contribution < -0.4 is 9.62 Å². The second kappa shape index (κ2) is 12.4. The molecule has 0 heterocycles. The summed E-state index contributed by atoms with van der Waals surface area (Å²) in [5.74, 6) is -0.475. The summed E-state index contributed by atoms with van der Waals surface area (Å²) in [6.45, 7) is 4.13.